The van der Waals surface area contributed by atoms with Crippen molar-refractivity contribution in [3.63, 3.8) is 0 Å². The molecule has 1 N–H and O–H groups in total. The fourth-order valence-corrected chi connectivity index (χ4v) is 2.21. The number of esters is 1. The van der Waals surface area contributed by atoms with Crippen molar-refractivity contribution in [1.29, 1.82) is 0 Å². The number of aryl methyl sites for hydroxylation is 2. The summed E-state index contributed by atoms with van der Waals surface area (Å²) in [6.45, 7) is 5.24. The second-order valence-corrected chi connectivity index (χ2v) is 5.81. The maximum Gasteiger partial charge on any atom is 0.311 e. The smallest absolute Gasteiger partial charge is 0.311 e. The third-order valence-electron chi connectivity index (χ3n) is 3.81. The van der Waals surface area contributed by atoms with Crippen LogP contribution >= 0.6 is 0 Å². The maximum absolute atomic E-state index is 13.5. The van der Waals surface area contributed by atoms with E-state index in [1.54, 1.807) is 0 Å². The number of amides is 1. The van der Waals surface area contributed by atoms with Gasteiger partial charge in [0.15, 0.2) is 6.10 Å². The second kappa shape index (κ2) is 7.88. The van der Waals surface area contributed by atoms with Crippen molar-refractivity contribution < 1.29 is 23.1 Å². The summed E-state index contributed by atoms with van der Waals surface area (Å²) in [6.07, 6.45) is -1.18. The summed E-state index contributed by atoms with van der Waals surface area (Å²) in [5, 5.41) is 2.10. The van der Waals surface area contributed by atoms with Gasteiger partial charge in [-0.1, -0.05) is 24.3 Å². The predicted octanol–water partition coefficient (Wildman–Crippen LogP) is 3.69. The van der Waals surface area contributed by atoms with Crippen molar-refractivity contribution >= 4 is 17.6 Å². The van der Waals surface area contributed by atoms with Crippen LogP contribution in [-0.2, 0) is 20.7 Å². The highest BCUT2D eigenvalue weighted by Crippen LogP contribution is 2.18. The standard InChI is InChI=1S/C19H19F2NO3/c1-11-7-8-14(9-12(11)2)10-17(23)25-13(3)19(24)22-18-15(20)5-4-6-16(18)21/h4-9,13H,10H2,1-3H3,(H,22,24)/t13-/m0/s1. The molecule has 132 valence electrons. The maximum atomic E-state index is 13.5. The lowest BCUT2D eigenvalue weighted by Gasteiger charge is -2.14. The third kappa shape index (κ3) is 4.86. The molecule has 0 aliphatic carbocycles. The van der Waals surface area contributed by atoms with Crippen molar-refractivity contribution in [2.24, 2.45) is 0 Å². The van der Waals surface area contributed by atoms with Crippen molar-refractivity contribution in [2.75, 3.05) is 5.32 Å². The van der Waals surface area contributed by atoms with E-state index in [4.69, 9.17) is 4.74 Å². The van der Waals surface area contributed by atoms with Crippen molar-refractivity contribution in [1.82, 2.24) is 0 Å². The van der Waals surface area contributed by atoms with E-state index < -0.39 is 35.3 Å². The van der Waals surface area contributed by atoms with Crippen molar-refractivity contribution in [3.8, 4) is 0 Å². The minimum absolute atomic E-state index is 0.00675. The molecule has 2 aromatic carbocycles. The number of carbonyl (C=O) groups excluding carboxylic acids is 2. The van der Waals surface area contributed by atoms with E-state index in [1.807, 2.05) is 32.0 Å². The summed E-state index contributed by atoms with van der Waals surface area (Å²) in [7, 11) is 0. The van der Waals surface area contributed by atoms with Gasteiger partial charge in [-0.2, -0.15) is 0 Å². The highest BCUT2D eigenvalue weighted by atomic mass is 19.1. The van der Waals surface area contributed by atoms with Gasteiger partial charge in [0.1, 0.15) is 17.3 Å². The van der Waals surface area contributed by atoms with Crippen LogP contribution in [0.3, 0.4) is 0 Å². The fraction of sp³-hybridized carbons (Fsp3) is 0.263. The Morgan fingerprint density at radius 3 is 2.32 bits per heavy atom. The van der Waals surface area contributed by atoms with Crippen LogP contribution in [0.2, 0.25) is 0 Å². The molecule has 0 aliphatic rings. The van der Waals surface area contributed by atoms with Crippen LogP contribution in [0, 0.1) is 25.5 Å². The predicted molar refractivity (Wildman–Crippen MR) is 90.2 cm³/mol. The minimum Gasteiger partial charge on any atom is -0.452 e. The van der Waals surface area contributed by atoms with Crippen LogP contribution < -0.4 is 5.32 Å². The normalized spacial score (nSPS) is 11.7. The second-order valence-electron chi connectivity index (χ2n) is 5.81. The zero-order valence-corrected chi connectivity index (χ0v) is 14.2. The van der Waals surface area contributed by atoms with E-state index >= 15 is 0 Å². The van der Waals surface area contributed by atoms with Gasteiger partial charge in [0, 0.05) is 0 Å². The summed E-state index contributed by atoms with van der Waals surface area (Å²) >= 11 is 0. The first-order valence-corrected chi connectivity index (χ1v) is 7.78. The molecule has 2 rings (SSSR count). The van der Waals surface area contributed by atoms with E-state index in [-0.39, 0.29) is 6.42 Å². The van der Waals surface area contributed by atoms with Crippen molar-refractivity contribution in [3.05, 3.63) is 64.7 Å². The highest BCUT2D eigenvalue weighted by molar-refractivity contribution is 5.95. The van der Waals surface area contributed by atoms with E-state index in [1.165, 1.54) is 13.0 Å². The molecule has 0 spiro atoms. The molecule has 1 atom stereocenters. The monoisotopic (exact) mass is 347 g/mol. The SMILES string of the molecule is Cc1ccc(CC(=O)O[C@@H](C)C(=O)Nc2c(F)cccc2F)cc1C. The van der Waals surface area contributed by atoms with Crippen LogP contribution in [-0.4, -0.2) is 18.0 Å². The Hall–Kier alpha value is -2.76. The lowest BCUT2D eigenvalue weighted by atomic mass is 10.0. The van der Waals surface area contributed by atoms with Gasteiger partial charge < -0.3 is 10.1 Å². The van der Waals surface area contributed by atoms with Gasteiger partial charge in [-0.05, 0) is 49.6 Å². The molecule has 0 saturated heterocycles. The molecule has 0 aliphatic heterocycles. The topological polar surface area (TPSA) is 55.4 Å². The first-order chi connectivity index (χ1) is 11.8. The fourth-order valence-electron chi connectivity index (χ4n) is 2.21. The third-order valence-corrected chi connectivity index (χ3v) is 3.81. The molecule has 1 amide bonds. The Bertz CT molecular complexity index is 785. The van der Waals surface area contributed by atoms with Crippen LogP contribution in [0.1, 0.15) is 23.6 Å². The molecular formula is C19H19F2NO3. The molecule has 4 nitrogen and oxygen atoms in total. The Morgan fingerprint density at radius 1 is 1.08 bits per heavy atom. The molecule has 25 heavy (non-hydrogen) atoms. The Labute approximate surface area is 144 Å². The van der Waals surface area contributed by atoms with Gasteiger partial charge in [-0.25, -0.2) is 8.78 Å². The van der Waals surface area contributed by atoms with Crippen molar-refractivity contribution in [2.45, 2.75) is 33.3 Å². The van der Waals surface area contributed by atoms with Gasteiger partial charge in [-0.15, -0.1) is 0 Å². The molecule has 0 aromatic heterocycles. The van der Waals surface area contributed by atoms with E-state index in [9.17, 15) is 18.4 Å². The molecule has 0 saturated carbocycles. The Balaban J connectivity index is 1.96. The summed E-state index contributed by atoms with van der Waals surface area (Å²) in [6, 6.07) is 8.81. The summed E-state index contributed by atoms with van der Waals surface area (Å²) in [5.74, 6) is -3.21. The zero-order chi connectivity index (χ0) is 18.6. The lowest BCUT2D eigenvalue weighted by molar-refractivity contribution is -0.152. The largest absolute Gasteiger partial charge is 0.452 e. The van der Waals surface area contributed by atoms with Gasteiger partial charge in [0.25, 0.3) is 5.91 Å². The first-order valence-electron chi connectivity index (χ1n) is 7.78. The molecule has 0 fully saturated rings. The number of rotatable bonds is 5. The molecular weight excluding hydrogens is 328 g/mol. The molecule has 0 unspecified atom stereocenters. The van der Waals surface area contributed by atoms with Gasteiger partial charge in [-0.3, -0.25) is 9.59 Å². The number of para-hydroxylation sites is 1. The number of hydrogen-bond donors (Lipinski definition) is 1. The molecule has 0 radical (unpaired) electrons. The summed E-state index contributed by atoms with van der Waals surface area (Å²) in [4.78, 5) is 23.9. The highest BCUT2D eigenvalue weighted by Gasteiger charge is 2.21. The number of carbonyl (C=O) groups is 2. The Kier molecular flexibility index (Phi) is 5.85. The number of nitrogens with one attached hydrogen (secondary N) is 1. The summed E-state index contributed by atoms with van der Waals surface area (Å²) in [5.41, 5.74) is 2.35. The first kappa shape index (κ1) is 18.6. The number of anilines is 1. The molecule has 0 bridgehead atoms. The van der Waals surface area contributed by atoms with Crippen LogP contribution in [0.15, 0.2) is 36.4 Å². The number of halogens is 2. The van der Waals surface area contributed by atoms with E-state index in [0.29, 0.717) is 0 Å². The van der Waals surface area contributed by atoms with E-state index in [0.717, 1.165) is 28.8 Å². The van der Waals surface area contributed by atoms with Crippen LogP contribution in [0.4, 0.5) is 14.5 Å². The number of hydrogen-bond acceptors (Lipinski definition) is 3. The molecule has 6 heteroatoms. The van der Waals surface area contributed by atoms with Crippen LogP contribution in [0.5, 0.6) is 0 Å². The van der Waals surface area contributed by atoms with E-state index in [2.05, 4.69) is 5.32 Å². The average Bonchev–Trinajstić information content (AvgIpc) is 2.54. The number of benzene rings is 2. The molecule has 2 aromatic rings. The average molecular weight is 347 g/mol. The van der Waals surface area contributed by atoms with Gasteiger partial charge in [0.05, 0.1) is 6.42 Å². The number of ether oxygens (including phenoxy) is 1. The zero-order valence-electron chi connectivity index (χ0n) is 14.2. The van der Waals surface area contributed by atoms with Crippen LogP contribution in [0.25, 0.3) is 0 Å². The minimum atomic E-state index is -1.18. The molecule has 0 heterocycles. The quantitative estimate of drug-likeness (QED) is 0.839. The van der Waals surface area contributed by atoms with Gasteiger partial charge >= 0.3 is 5.97 Å². The van der Waals surface area contributed by atoms with Gasteiger partial charge in [0.2, 0.25) is 0 Å². The summed E-state index contributed by atoms with van der Waals surface area (Å²) < 4.78 is 32.1. The Morgan fingerprint density at radius 2 is 1.72 bits per heavy atom. The lowest BCUT2D eigenvalue weighted by Crippen LogP contribution is -2.31.